The third-order valence-corrected chi connectivity index (χ3v) is 3.93. The number of rotatable bonds is 3. The van der Waals surface area contributed by atoms with Gasteiger partial charge in [-0.05, 0) is 30.3 Å². The molecule has 118 valence electrons. The predicted molar refractivity (Wildman–Crippen MR) is 92.1 cm³/mol. The van der Waals surface area contributed by atoms with E-state index >= 15 is 0 Å². The summed E-state index contributed by atoms with van der Waals surface area (Å²) in [5, 5.41) is 1.07. The van der Waals surface area contributed by atoms with E-state index in [1.807, 2.05) is 30.3 Å². The quantitative estimate of drug-likeness (QED) is 0.571. The number of aromatic nitrogens is 3. The van der Waals surface area contributed by atoms with E-state index in [9.17, 15) is 4.79 Å². The second-order valence-electron chi connectivity index (χ2n) is 5.35. The van der Waals surface area contributed by atoms with E-state index in [4.69, 9.17) is 16.0 Å². The minimum absolute atomic E-state index is 0.138. The fourth-order valence-electron chi connectivity index (χ4n) is 2.51. The van der Waals surface area contributed by atoms with Crippen molar-refractivity contribution in [2.24, 2.45) is 0 Å². The van der Waals surface area contributed by atoms with E-state index < -0.39 is 0 Å². The fraction of sp³-hybridized carbons (Fsp3) is 0.0556. The van der Waals surface area contributed by atoms with Gasteiger partial charge in [0.15, 0.2) is 0 Å². The van der Waals surface area contributed by atoms with Gasteiger partial charge >= 0.3 is 0 Å². The maximum absolute atomic E-state index is 12.5. The smallest absolute Gasteiger partial charge is 0.261 e. The third-order valence-electron chi connectivity index (χ3n) is 3.69. The Hall–Kier alpha value is -2.92. The summed E-state index contributed by atoms with van der Waals surface area (Å²) >= 11 is 5.93. The van der Waals surface area contributed by atoms with Crippen molar-refractivity contribution in [3.05, 3.63) is 82.2 Å². The first-order valence-corrected chi connectivity index (χ1v) is 7.73. The molecule has 0 radical (unpaired) electrons. The van der Waals surface area contributed by atoms with Crippen molar-refractivity contribution in [1.82, 2.24) is 14.5 Å². The van der Waals surface area contributed by atoms with Crippen LogP contribution in [0.1, 0.15) is 5.69 Å². The Balaban J connectivity index is 1.68. The number of hydrogen-bond acceptors (Lipinski definition) is 4. The van der Waals surface area contributed by atoms with Crippen molar-refractivity contribution in [3.63, 3.8) is 0 Å². The molecule has 0 atom stereocenters. The van der Waals surface area contributed by atoms with Gasteiger partial charge < -0.3 is 4.42 Å². The van der Waals surface area contributed by atoms with Crippen LogP contribution in [0.2, 0.25) is 5.02 Å². The van der Waals surface area contributed by atoms with Crippen molar-refractivity contribution in [2.75, 3.05) is 0 Å². The first-order chi connectivity index (χ1) is 11.7. The molecule has 0 N–H and O–H groups in total. The number of halogens is 1. The van der Waals surface area contributed by atoms with Gasteiger partial charge in [0.1, 0.15) is 6.26 Å². The van der Waals surface area contributed by atoms with Gasteiger partial charge in [0.2, 0.25) is 5.89 Å². The van der Waals surface area contributed by atoms with Gasteiger partial charge in [0, 0.05) is 10.6 Å². The van der Waals surface area contributed by atoms with E-state index in [1.54, 1.807) is 24.5 Å². The molecule has 0 saturated carbocycles. The molecule has 0 fully saturated rings. The van der Waals surface area contributed by atoms with Crippen LogP contribution in [0.15, 0.2) is 70.3 Å². The zero-order valence-corrected chi connectivity index (χ0v) is 13.3. The standard InChI is InChI=1S/C18H12ClN3O2/c19-13-6-7-15-16(8-13)20-11-22(18(15)23)9-14-10-24-17(21-14)12-4-2-1-3-5-12/h1-8,10-11H,9H2. The van der Waals surface area contributed by atoms with Gasteiger partial charge in [0.25, 0.3) is 5.56 Å². The van der Waals surface area contributed by atoms with Gasteiger partial charge in [-0.2, -0.15) is 0 Å². The molecule has 2 heterocycles. The predicted octanol–water partition coefficient (Wildman–Crippen LogP) is 3.75. The minimum Gasteiger partial charge on any atom is -0.444 e. The summed E-state index contributed by atoms with van der Waals surface area (Å²) in [6.07, 6.45) is 3.05. The molecular weight excluding hydrogens is 326 g/mol. The molecule has 0 spiro atoms. The molecule has 0 bridgehead atoms. The summed E-state index contributed by atoms with van der Waals surface area (Å²) in [6.45, 7) is 0.292. The summed E-state index contributed by atoms with van der Waals surface area (Å²) in [4.78, 5) is 21.3. The Kier molecular flexibility index (Phi) is 3.63. The Labute approximate surface area is 142 Å². The maximum Gasteiger partial charge on any atom is 0.261 e. The van der Waals surface area contributed by atoms with Crippen LogP contribution in [0, 0.1) is 0 Å². The molecule has 0 saturated heterocycles. The lowest BCUT2D eigenvalue weighted by Gasteiger charge is -2.04. The Morgan fingerprint density at radius 1 is 1.12 bits per heavy atom. The highest BCUT2D eigenvalue weighted by Crippen LogP contribution is 2.18. The second kappa shape index (κ2) is 5.94. The molecule has 5 nitrogen and oxygen atoms in total. The van der Waals surface area contributed by atoms with Gasteiger partial charge in [0.05, 0.1) is 29.5 Å². The lowest BCUT2D eigenvalue weighted by molar-refractivity contribution is 0.571. The average Bonchev–Trinajstić information content (AvgIpc) is 3.07. The number of oxazole rings is 1. The highest BCUT2D eigenvalue weighted by atomic mass is 35.5. The van der Waals surface area contributed by atoms with E-state index in [1.165, 1.54) is 10.9 Å². The number of nitrogens with zero attached hydrogens (tertiary/aromatic N) is 3. The maximum atomic E-state index is 12.5. The van der Waals surface area contributed by atoms with Crippen LogP contribution in [-0.2, 0) is 6.54 Å². The Morgan fingerprint density at radius 3 is 2.79 bits per heavy atom. The number of benzene rings is 2. The summed E-state index contributed by atoms with van der Waals surface area (Å²) < 4.78 is 7.00. The number of hydrogen-bond donors (Lipinski definition) is 0. The van der Waals surface area contributed by atoms with Crippen molar-refractivity contribution >= 4 is 22.5 Å². The first-order valence-electron chi connectivity index (χ1n) is 7.35. The molecular formula is C18H12ClN3O2. The zero-order chi connectivity index (χ0) is 16.5. The largest absolute Gasteiger partial charge is 0.444 e. The van der Waals surface area contributed by atoms with Crippen molar-refractivity contribution in [1.29, 1.82) is 0 Å². The normalized spacial score (nSPS) is 11.0. The zero-order valence-electron chi connectivity index (χ0n) is 12.5. The minimum atomic E-state index is -0.138. The SMILES string of the molecule is O=c1c2ccc(Cl)cc2ncn1Cc1coc(-c2ccccc2)n1. The third kappa shape index (κ3) is 2.70. The molecule has 6 heteroatoms. The van der Waals surface area contributed by atoms with E-state index in [0.717, 1.165) is 5.56 Å². The lowest BCUT2D eigenvalue weighted by Crippen LogP contribution is -2.21. The average molecular weight is 338 g/mol. The summed E-state index contributed by atoms with van der Waals surface area (Å²) in [5.74, 6) is 0.527. The van der Waals surface area contributed by atoms with Gasteiger partial charge in [-0.3, -0.25) is 9.36 Å². The molecule has 0 aliphatic heterocycles. The molecule has 4 aromatic rings. The summed E-state index contributed by atoms with van der Waals surface area (Å²) in [5.41, 5.74) is 1.99. The van der Waals surface area contributed by atoms with Crippen molar-refractivity contribution < 1.29 is 4.42 Å². The van der Waals surface area contributed by atoms with Crippen LogP contribution in [0.25, 0.3) is 22.4 Å². The van der Waals surface area contributed by atoms with Crippen LogP contribution in [0.3, 0.4) is 0 Å². The molecule has 24 heavy (non-hydrogen) atoms. The lowest BCUT2D eigenvalue weighted by atomic mass is 10.2. The fourth-order valence-corrected chi connectivity index (χ4v) is 2.68. The van der Waals surface area contributed by atoms with E-state index in [-0.39, 0.29) is 5.56 Å². The van der Waals surface area contributed by atoms with Crippen molar-refractivity contribution in [3.8, 4) is 11.5 Å². The van der Waals surface area contributed by atoms with Crippen LogP contribution in [0.4, 0.5) is 0 Å². The second-order valence-corrected chi connectivity index (χ2v) is 5.79. The highest BCUT2D eigenvalue weighted by Gasteiger charge is 2.09. The molecule has 0 unspecified atom stereocenters. The van der Waals surface area contributed by atoms with Crippen LogP contribution < -0.4 is 5.56 Å². The molecule has 0 aliphatic carbocycles. The van der Waals surface area contributed by atoms with Gasteiger partial charge in [-0.25, -0.2) is 9.97 Å². The summed E-state index contributed by atoms with van der Waals surface area (Å²) in [7, 11) is 0. The van der Waals surface area contributed by atoms with Crippen LogP contribution >= 0.6 is 11.6 Å². The molecule has 2 aromatic heterocycles. The van der Waals surface area contributed by atoms with E-state index in [2.05, 4.69) is 9.97 Å². The van der Waals surface area contributed by atoms with Gasteiger partial charge in [-0.15, -0.1) is 0 Å². The topological polar surface area (TPSA) is 60.9 Å². The van der Waals surface area contributed by atoms with Gasteiger partial charge in [-0.1, -0.05) is 29.8 Å². The Bertz CT molecular complexity index is 1070. The summed E-state index contributed by atoms with van der Waals surface area (Å²) in [6, 6.07) is 14.6. The molecule has 4 rings (SSSR count). The monoisotopic (exact) mass is 337 g/mol. The number of fused-ring (bicyclic) bond motifs is 1. The Morgan fingerprint density at radius 2 is 1.96 bits per heavy atom. The van der Waals surface area contributed by atoms with Crippen LogP contribution in [-0.4, -0.2) is 14.5 Å². The van der Waals surface area contributed by atoms with Crippen LogP contribution in [0.5, 0.6) is 0 Å². The molecule has 0 aliphatic rings. The molecule has 0 amide bonds. The van der Waals surface area contributed by atoms with Crippen molar-refractivity contribution in [2.45, 2.75) is 6.54 Å². The molecule has 2 aromatic carbocycles. The first kappa shape index (κ1) is 14.7. The highest BCUT2D eigenvalue weighted by molar-refractivity contribution is 6.31. The van der Waals surface area contributed by atoms with E-state index in [0.29, 0.717) is 34.1 Å².